The number of rotatable bonds is 7. The third kappa shape index (κ3) is 4.81. The molecular formula is C22H22ClN3O2. The summed E-state index contributed by atoms with van der Waals surface area (Å²) < 4.78 is 7.26. The van der Waals surface area contributed by atoms with E-state index in [-0.39, 0.29) is 5.91 Å². The first-order valence-electron chi connectivity index (χ1n) is 9.06. The van der Waals surface area contributed by atoms with Gasteiger partial charge in [0.15, 0.2) is 0 Å². The van der Waals surface area contributed by atoms with Crippen molar-refractivity contribution < 1.29 is 9.53 Å². The first-order valence-corrected chi connectivity index (χ1v) is 9.44. The molecule has 0 aliphatic heterocycles. The van der Waals surface area contributed by atoms with Gasteiger partial charge in [-0.2, -0.15) is 5.10 Å². The van der Waals surface area contributed by atoms with E-state index in [1.54, 1.807) is 16.8 Å². The van der Waals surface area contributed by atoms with Gasteiger partial charge < -0.3 is 10.1 Å². The number of amides is 1. The predicted molar refractivity (Wildman–Crippen MR) is 113 cm³/mol. The summed E-state index contributed by atoms with van der Waals surface area (Å²) in [5.41, 5.74) is 3.22. The SMILES string of the molecule is CCOc1ccccc1NC(=O)/C=C/c1c(C)nn(Cc2ccccc2)c1Cl. The molecule has 1 N–H and O–H groups in total. The van der Waals surface area contributed by atoms with E-state index < -0.39 is 0 Å². The van der Waals surface area contributed by atoms with Crippen molar-refractivity contribution in [1.29, 1.82) is 0 Å². The number of benzene rings is 2. The van der Waals surface area contributed by atoms with Crippen LogP contribution in [0.2, 0.25) is 5.15 Å². The number of aromatic nitrogens is 2. The van der Waals surface area contributed by atoms with Crippen molar-refractivity contribution in [3.63, 3.8) is 0 Å². The lowest BCUT2D eigenvalue weighted by Crippen LogP contribution is -2.09. The number of carbonyl (C=O) groups is 1. The quantitative estimate of drug-likeness (QED) is 0.576. The van der Waals surface area contributed by atoms with Gasteiger partial charge >= 0.3 is 0 Å². The summed E-state index contributed by atoms with van der Waals surface area (Å²) >= 11 is 6.49. The lowest BCUT2D eigenvalue weighted by molar-refractivity contribution is -0.111. The van der Waals surface area contributed by atoms with E-state index in [9.17, 15) is 4.79 Å². The summed E-state index contributed by atoms with van der Waals surface area (Å²) in [5, 5.41) is 7.82. The molecule has 3 rings (SSSR count). The highest BCUT2D eigenvalue weighted by atomic mass is 35.5. The Balaban J connectivity index is 1.73. The summed E-state index contributed by atoms with van der Waals surface area (Å²) in [6.07, 6.45) is 3.14. The molecule has 1 heterocycles. The number of anilines is 1. The van der Waals surface area contributed by atoms with E-state index in [0.717, 1.165) is 16.8 Å². The van der Waals surface area contributed by atoms with Crippen LogP contribution in [-0.2, 0) is 11.3 Å². The predicted octanol–water partition coefficient (Wildman–Crippen LogP) is 4.94. The first-order chi connectivity index (χ1) is 13.6. The van der Waals surface area contributed by atoms with Crippen LogP contribution in [0.25, 0.3) is 6.08 Å². The van der Waals surface area contributed by atoms with Gasteiger partial charge in [-0.1, -0.05) is 54.1 Å². The number of nitrogens with one attached hydrogen (secondary N) is 1. The molecule has 0 fully saturated rings. The first kappa shape index (κ1) is 19.7. The molecular weight excluding hydrogens is 374 g/mol. The largest absolute Gasteiger partial charge is 0.492 e. The van der Waals surface area contributed by atoms with E-state index >= 15 is 0 Å². The fourth-order valence-electron chi connectivity index (χ4n) is 2.80. The van der Waals surface area contributed by atoms with Gasteiger partial charge in [-0.25, -0.2) is 4.68 Å². The molecule has 0 radical (unpaired) electrons. The van der Waals surface area contributed by atoms with Gasteiger partial charge in [0.1, 0.15) is 10.9 Å². The molecule has 1 amide bonds. The molecule has 0 bridgehead atoms. The number of nitrogens with zero attached hydrogens (tertiary/aromatic N) is 2. The minimum Gasteiger partial charge on any atom is -0.492 e. The van der Waals surface area contributed by atoms with Crippen LogP contribution in [0, 0.1) is 6.92 Å². The van der Waals surface area contributed by atoms with Gasteiger partial charge in [-0.15, -0.1) is 0 Å². The van der Waals surface area contributed by atoms with Gasteiger partial charge in [-0.3, -0.25) is 4.79 Å². The van der Waals surface area contributed by atoms with Crippen LogP contribution in [0.3, 0.4) is 0 Å². The van der Waals surface area contributed by atoms with Gasteiger partial charge in [-0.05, 0) is 37.6 Å². The molecule has 0 aliphatic carbocycles. The van der Waals surface area contributed by atoms with Gasteiger partial charge in [0, 0.05) is 11.6 Å². The Labute approximate surface area is 169 Å². The van der Waals surface area contributed by atoms with Crippen LogP contribution < -0.4 is 10.1 Å². The topological polar surface area (TPSA) is 56.1 Å². The Kier molecular flexibility index (Phi) is 6.50. The third-order valence-corrected chi connectivity index (χ3v) is 4.53. The smallest absolute Gasteiger partial charge is 0.248 e. The van der Waals surface area contributed by atoms with Crippen LogP contribution >= 0.6 is 11.6 Å². The molecule has 2 aromatic carbocycles. The normalized spacial score (nSPS) is 11.0. The third-order valence-electron chi connectivity index (χ3n) is 4.13. The number of halogens is 1. The lowest BCUT2D eigenvalue weighted by Gasteiger charge is -2.09. The molecule has 144 valence electrons. The van der Waals surface area contributed by atoms with E-state index in [1.807, 2.05) is 62.4 Å². The number of aryl methyl sites for hydroxylation is 1. The average Bonchev–Trinajstić information content (AvgIpc) is 2.95. The lowest BCUT2D eigenvalue weighted by atomic mass is 10.2. The molecule has 0 unspecified atom stereocenters. The standard InChI is InChI=1S/C22H22ClN3O2/c1-3-28-20-12-8-7-11-19(20)24-21(27)14-13-18-16(2)25-26(22(18)23)15-17-9-5-4-6-10-17/h4-14H,3,15H2,1-2H3,(H,24,27)/b14-13+. The second-order valence-corrected chi connectivity index (χ2v) is 6.54. The summed E-state index contributed by atoms with van der Waals surface area (Å²) in [6, 6.07) is 17.3. The van der Waals surface area contributed by atoms with Crippen LogP contribution in [0.15, 0.2) is 60.7 Å². The van der Waals surface area contributed by atoms with Crippen molar-refractivity contribution in [2.24, 2.45) is 0 Å². The number of carbonyl (C=O) groups excluding carboxylic acids is 1. The molecule has 28 heavy (non-hydrogen) atoms. The van der Waals surface area contributed by atoms with Crippen molar-refractivity contribution in [3.8, 4) is 5.75 Å². The summed E-state index contributed by atoms with van der Waals surface area (Å²) in [4.78, 5) is 12.3. The van der Waals surface area contributed by atoms with Crippen molar-refractivity contribution in [2.75, 3.05) is 11.9 Å². The van der Waals surface area contributed by atoms with Crippen LogP contribution in [0.4, 0.5) is 5.69 Å². The zero-order valence-electron chi connectivity index (χ0n) is 15.9. The fourth-order valence-corrected chi connectivity index (χ4v) is 3.10. The average molecular weight is 396 g/mol. The van der Waals surface area contributed by atoms with Gasteiger partial charge in [0.25, 0.3) is 0 Å². The summed E-state index contributed by atoms with van der Waals surface area (Å²) in [6.45, 7) is 4.87. The molecule has 3 aromatic rings. The Hall–Kier alpha value is -3.05. The highest BCUT2D eigenvalue weighted by Crippen LogP contribution is 2.25. The van der Waals surface area contributed by atoms with E-state index in [1.165, 1.54) is 6.08 Å². The van der Waals surface area contributed by atoms with Gasteiger partial charge in [0.2, 0.25) is 5.91 Å². The van der Waals surface area contributed by atoms with Crippen molar-refractivity contribution >= 4 is 29.3 Å². The summed E-state index contributed by atoms with van der Waals surface area (Å²) in [5.74, 6) is 0.370. The Morgan fingerprint density at radius 2 is 1.89 bits per heavy atom. The van der Waals surface area contributed by atoms with E-state index in [2.05, 4.69) is 10.4 Å². The molecule has 6 heteroatoms. The van der Waals surface area contributed by atoms with Crippen molar-refractivity contribution in [2.45, 2.75) is 20.4 Å². The highest BCUT2D eigenvalue weighted by molar-refractivity contribution is 6.31. The van der Waals surface area contributed by atoms with E-state index in [0.29, 0.717) is 29.7 Å². The Morgan fingerprint density at radius 1 is 1.18 bits per heavy atom. The second-order valence-electron chi connectivity index (χ2n) is 6.18. The number of hydrogen-bond acceptors (Lipinski definition) is 3. The monoisotopic (exact) mass is 395 g/mol. The van der Waals surface area contributed by atoms with E-state index in [4.69, 9.17) is 16.3 Å². The molecule has 0 saturated heterocycles. The maximum atomic E-state index is 12.3. The zero-order valence-corrected chi connectivity index (χ0v) is 16.6. The van der Waals surface area contributed by atoms with Gasteiger partial charge in [0.05, 0.1) is 24.5 Å². The molecule has 0 aliphatic rings. The Bertz CT molecular complexity index is 981. The second kappa shape index (κ2) is 9.24. The molecule has 5 nitrogen and oxygen atoms in total. The fraction of sp³-hybridized carbons (Fsp3) is 0.182. The highest BCUT2D eigenvalue weighted by Gasteiger charge is 2.12. The molecule has 1 aromatic heterocycles. The van der Waals surface area contributed by atoms with Crippen molar-refractivity contribution in [3.05, 3.63) is 82.6 Å². The maximum Gasteiger partial charge on any atom is 0.248 e. The molecule has 0 atom stereocenters. The minimum atomic E-state index is -0.265. The number of ether oxygens (including phenoxy) is 1. The number of para-hydroxylation sites is 2. The molecule has 0 saturated carbocycles. The van der Waals surface area contributed by atoms with Crippen LogP contribution in [0.5, 0.6) is 5.75 Å². The number of hydrogen-bond donors (Lipinski definition) is 1. The summed E-state index contributed by atoms with van der Waals surface area (Å²) in [7, 11) is 0. The van der Waals surface area contributed by atoms with Crippen LogP contribution in [-0.4, -0.2) is 22.3 Å². The maximum absolute atomic E-state index is 12.3. The van der Waals surface area contributed by atoms with Crippen molar-refractivity contribution in [1.82, 2.24) is 9.78 Å². The van der Waals surface area contributed by atoms with Crippen LogP contribution in [0.1, 0.15) is 23.7 Å². The minimum absolute atomic E-state index is 0.265. The Morgan fingerprint density at radius 3 is 2.64 bits per heavy atom. The molecule has 0 spiro atoms. The zero-order chi connectivity index (χ0) is 19.9.